The van der Waals surface area contributed by atoms with Crippen LogP contribution in [0, 0.1) is 6.92 Å². The van der Waals surface area contributed by atoms with Crippen LogP contribution in [0.4, 0.5) is 0 Å². The first-order chi connectivity index (χ1) is 12.4. The molecule has 1 aliphatic heterocycles. The van der Waals surface area contributed by atoms with E-state index in [0.29, 0.717) is 19.1 Å². The minimum atomic E-state index is -0.482. The van der Waals surface area contributed by atoms with Gasteiger partial charge in [0.15, 0.2) is 6.10 Å². The lowest BCUT2D eigenvalue weighted by Crippen LogP contribution is -2.46. The molecule has 0 spiro atoms. The van der Waals surface area contributed by atoms with Gasteiger partial charge in [-0.2, -0.15) is 0 Å². The second-order valence-corrected chi connectivity index (χ2v) is 7.49. The Balaban J connectivity index is 1.90. The van der Waals surface area contributed by atoms with Crippen molar-refractivity contribution in [3.05, 3.63) is 29.3 Å². The number of amides is 1. The van der Waals surface area contributed by atoms with Crippen molar-refractivity contribution in [1.29, 1.82) is 0 Å². The van der Waals surface area contributed by atoms with Crippen molar-refractivity contribution in [1.82, 2.24) is 4.90 Å². The number of carbonyl (C=O) groups excluding carboxylic acids is 1. The van der Waals surface area contributed by atoms with Crippen molar-refractivity contribution in [2.45, 2.75) is 65.1 Å². The van der Waals surface area contributed by atoms with E-state index in [4.69, 9.17) is 15.2 Å². The minimum absolute atomic E-state index is 0.0571. The highest BCUT2D eigenvalue weighted by molar-refractivity contribution is 5.81. The summed E-state index contributed by atoms with van der Waals surface area (Å²) in [6, 6.07) is 6.21. The van der Waals surface area contributed by atoms with Gasteiger partial charge in [0.1, 0.15) is 5.75 Å². The molecule has 0 aliphatic carbocycles. The van der Waals surface area contributed by atoms with E-state index in [1.165, 1.54) is 0 Å². The third kappa shape index (κ3) is 5.71. The maximum Gasteiger partial charge on any atom is 0.263 e. The van der Waals surface area contributed by atoms with Gasteiger partial charge in [-0.15, -0.1) is 0 Å². The molecular weight excluding hydrogens is 328 g/mol. The van der Waals surface area contributed by atoms with E-state index in [0.717, 1.165) is 49.2 Å². The second kappa shape index (κ2) is 9.93. The molecule has 1 heterocycles. The number of nitrogens with zero attached hydrogens (tertiary/aromatic N) is 1. The average molecular weight is 363 g/mol. The molecule has 1 fully saturated rings. The molecular formula is C21H34N2O3. The largest absolute Gasteiger partial charge is 0.481 e. The lowest BCUT2D eigenvalue weighted by Gasteiger charge is -2.33. The molecule has 2 N–H and O–H groups in total. The summed E-state index contributed by atoms with van der Waals surface area (Å²) in [4.78, 5) is 14.7. The maximum absolute atomic E-state index is 12.8. The van der Waals surface area contributed by atoms with Gasteiger partial charge in [0, 0.05) is 19.7 Å². The average Bonchev–Trinajstić information content (AvgIpc) is 2.61. The smallest absolute Gasteiger partial charge is 0.263 e. The molecule has 146 valence electrons. The summed E-state index contributed by atoms with van der Waals surface area (Å²) >= 11 is 0. The Morgan fingerprint density at radius 2 is 1.96 bits per heavy atom. The van der Waals surface area contributed by atoms with Crippen LogP contribution in [0.15, 0.2) is 18.2 Å². The van der Waals surface area contributed by atoms with Gasteiger partial charge in [-0.3, -0.25) is 4.79 Å². The summed E-state index contributed by atoms with van der Waals surface area (Å²) in [6.45, 7) is 11.0. The number of nitrogens with two attached hydrogens (primary N) is 1. The number of aryl methyl sites for hydroxylation is 1. The summed E-state index contributed by atoms with van der Waals surface area (Å²) in [6.07, 6.45) is 2.41. The first-order valence-electron chi connectivity index (χ1n) is 9.80. The van der Waals surface area contributed by atoms with Gasteiger partial charge in [0.2, 0.25) is 0 Å². The van der Waals surface area contributed by atoms with Gasteiger partial charge < -0.3 is 20.1 Å². The highest BCUT2D eigenvalue weighted by atomic mass is 16.5. The highest BCUT2D eigenvalue weighted by Gasteiger charge is 2.27. The predicted octanol–water partition coefficient (Wildman–Crippen LogP) is 3.24. The molecule has 26 heavy (non-hydrogen) atoms. The van der Waals surface area contributed by atoms with Crippen molar-refractivity contribution in [2.75, 3.05) is 26.2 Å². The Kier molecular flexibility index (Phi) is 7.91. The number of piperidine rings is 1. The van der Waals surface area contributed by atoms with E-state index < -0.39 is 6.10 Å². The summed E-state index contributed by atoms with van der Waals surface area (Å²) in [5.41, 5.74) is 7.77. The second-order valence-electron chi connectivity index (χ2n) is 7.49. The number of rotatable bonds is 8. The van der Waals surface area contributed by atoms with Crippen molar-refractivity contribution in [2.24, 2.45) is 5.73 Å². The Hall–Kier alpha value is -1.59. The van der Waals surface area contributed by atoms with Gasteiger partial charge in [-0.05, 0) is 62.8 Å². The molecule has 1 unspecified atom stereocenters. The van der Waals surface area contributed by atoms with Crippen LogP contribution in [0.5, 0.6) is 5.75 Å². The van der Waals surface area contributed by atoms with E-state index >= 15 is 0 Å². The van der Waals surface area contributed by atoms with E-state index in [2.05, 4.69) is 26.0 Å². The maximum atomic E-state index is 12.8. The van der Waals surface area contributed by atoms with E-state index in [-0.39, 0.29) is 12.0 Å². The predicted molar refractivity (Wildman–Crippen MR) is 105 cm³/mol. The Morgan fingerprint density at radius 1 is 1.27 bits per heavy atom. The molecule has 0 saturated carbocycles. The molecule has 5 heteroatoms. The summed E-state index contributed by atoms with van der Waals surface area (Å²) < 4.78 is 11.9. The number of hydrogen-bond donors (Lipinski definition) is 1. The van der Waals surface area contributed by atoms with Crippen molar-refractivity contribution in [3.63, 3.8) is 0 Å². The first-order valence-corrected chi connectivity index (χ1v) is 9.80. The van der Waals surface area contributed by atoms with Crippen molar-refractivity contribution in [3.8, 4) is 5.75 Å². The third-order valence-electron chi connectivity index (χ3n) is 4.90. The molecule has 0 aromatic heterocycles. The summed E-state index contributed by atoms with van der Waals surface area (Å²) in [7, 11) is 0. The quantitative estimate of drug-likeness (QED) is 0.721. The van der Waals surface area contributed by atoms with Crippen molar-refractivity contribution >= 4 is 5.91 Å². The van der Waals surface area contributed by atoms with Gasteiger partial charge in [-0.25, -0.2) is 0 Å². The molecule has 5 nitrogen and oxygen atoms in total. The zero-order chi connectivity index (χ0) is 19.1. The van der Waals surface area contributed by atoms with Crippen LogP contribution in [0.3, 0.4) is 0 Å². The summed E-state index contributed by atoms with van der Waals surface area (Å²) in [5, 5.41) is 0. The molecule has 1 saturated heterocycles. The number of benzene rings is 1. The van der Waals surface area contributed by atoms with Crippen LogP contribution < -0.4 is 10.5 Å². The Labute approximate surface area is 157 Å². The normalized spacial score (nSPS) is 16.8. The first kappa shape index (κ1) is 20.7. The van der Waals surface area contributed by atoms with Crippen LogP contribution in [0.25, 0.3) is 0 Å². The van der Waals surface area contributed by atoms with Gasteiger partial charge in [0.25, 0.3) is 5.91 Å². The van der Waals surface area contributed by atoms with Gasteiger partial charge >= 0.3 is 0 Å². The lowest BCUT2D eigenvalue weighted by molar-refractivity contribution is -0.140. The van der Waals surface area contributed by atoms with Crippen LogP contribution in [0.1, 0.15) is 57.1 Å². The zero-order valence-electron chi connectivity index (χ0n) is 16.7. The van der Waals surface area contributed by atoms with E-state index in [9.17, 15) is 4.79 Å². The van der Waals surface area contributed by atoms with Crippen LogP contribution in [0.2, 0.25) is 0 Å². The SMILES string of the molecule is Cc1ccc(C(C)C)c(OC(C)C(=O)N2CCC(OCCCN)CC2)c1. The number of ether oxygens (including phenoxy) is 2. The summed E-state index contributed by atoms with van der Waals surface area (Å²) in [5.74, 6) is 1.23. The van der Waals surface area contributed by atoms with Crippen LogP contribution in [-0.4, -0.2) is 49.3 Å². The third-order valence-corrected chi connectivity index (χ3v) is 4.90. The number of carbonyl (C=O) groups is 1. The fourth-order valence-corrected chi connectivity index (χ4v) is 3.29. The fraction of sp³-hybridized carbons (Fsp3) is 0.667. The molecule has 1 atom stereocenters. The standard InChI is InChI=1S/C21H34N2O3/c1-15(2)19-7-6-16(3)14-20(19)26-17(4)21(24)23-11-8-18(9-12-23)25-13-5-10-22/h6-7,14-15,17-18H,5,8-13,22H2,1-4H3. The van der Waals surface area contributed by atoms with Crippen LogP contribution >= 0.6 is 0 Å². The molecule has 0 radical (unpaired) electrons. The fourth-order valence-electron chi connectivity index (χ4n) is 3.29. The number of hydrogen-bond acceptors (Lipinski definition) is 4. The zero-order valence-corrected chi connectivity index (χ0v) is 16.7. The van der Waals surface area contributed by atoms with Crippen molar-refractivity contribution < 1.29 is 14.3 Å². The number of likely N-dealkylation sites (tertiary alicyclic amines) is 1. The Morgan fingerprint density at radius 3 is 2.58 bits per heavy atom. The van der Waals surface area contributed by atoms with E-state index in [1.807, 2.05) is 24.8 Å². The van der Waals surface area contributed by atoms with E-state index in [1.54, 1.807) is 0 Å². The highest BCUT2D eigenvalue weighted by Crippen LogP contribution is 2.28. The molecule has 2 rings (SSSR count). The van der Waals surface area contributed by atoms with Crippen LogP contribution in [-0.2, 0) is 9.53 Å². The minimum Gasteiger partial charge on any atom is -0.481 e. The van der Waals surface area contributed by atoms with Gasteiger partial charge in [0.05, 0.1) is 6.10 Å². The lowest BCUT2D eigenvalue weighted by atomic mass is 10.0. The molecule has 1 aromatic carbocycles. The topological polar surface area (TPSA) is 64.8 Å². The molecule has 0 bridgehead atoms. The molecule has 1 aromatic rings. The molecule has 1 aliphatic rings. The Bertz CT molecular complexity index is 581. The monoisotopic (exact) mass is 362 g/mol. The molecule has 1 amide bonds. The van der Waals surface area contributed by atoms with Gasteiger partial charge in [-0.1, -0.05) is 26.0 Å².